The zero-order valence-electron chi connectivity index (χ0n) is 18.8. The minimum absolute atomic E-state index is 0.0214. The number of hydrogen-bond acceptors (Lipinski definition) is 6. The number of rotatable bonds is 6. The fourth-order valence-corrected chi connectivity index (χ4v) is 6.15. The molecule has 0 unspecified atom stereocenters. The van der Waals surface area contributed by atoms with Gasteiger partial charge in [-0.05, 0) is 66.5 Å². The van der Waals surface area contributed by atoms with E-state index in [0.29, 0.717) is 11.8 Å². The number of imide groups is 1. The molecule has 36 heavy (non-hydrogen) atoms. The average molecular weight is 489 g/mol. The Morgan fingerprint density at radius 2 is 1.44 bits per heavy atom. The highest BCUT2D eigenvalue weighted by atomic mass is 19.1. The number of Topliss-reactive ketones (excluding diaryl/α,β-unsaturated/α-hetero) is 1. The number of hydrazine groups is 1. The van der Waals surface area contributed by atoms with Gasteiger partial charge in [-0.1, -0.05) is 12.2 Å². The molecule has 0 radical (unpaired) electrons. The van der Waals surface area contributed by atoms with Crippen LogP contribution in [0.1, 0.15) is 27.1 Å². The van der Waals surface area contributed by atoms with Crippen molar-refractivity contribution in [3.63, 3.8) is 0 Å². The van der Waals surface area contributed by atoms with E-state index in [1.54, 1.807) is 0 Å². The predicted octanol–water partition coefficient (Wildman–Crippen LogP) is 3.03. The molecule has 3 amide bonds. The second-order valence-corrected chi connectivity index (χ2v) is 9.74. The normalized spacial score (nSPS) is 29.1. The van der Waals surface area contributed by atoms with Crippen LogP contribution in [0.4, 0.5) is 10.1 Å². The van der Waals surface area contributed by atoms with Gasteiger partial charge in [-0.15, -0.1) is 0 Å². The van der Waals surface area contributed by atoms with Gasteiger partial charge < -0.3 is 0 Å². The van der Waals surface area contributed by atoms with Crippen LogP contribution in [0.25, 0.3) is 0 Å². The summed E-state index contributed by atoms with van der Waals surface area (Å²) in [6, 6.07) is 9.44. The second-order valence-electron chi connectivity index (χ2n) is 9.74. The molecule has 6 atom stereocenters. The Labute approximate surface area is 204 Å². The van der Waals surface area contributed by atoms with E-state index >= 15 is 0 Å². The standard InChI is InChI=1S/C26H20FN3O6/c27-15-5-1-13(2-6-15)21(31)12-28(24(32)14-3-7-16(8-4-14)30(35)36)29-25(33)22-17-9-10-18(20-11-19(17)20)23(22)26(29)34/h1-10,17-20,22-23H,11-12H2/t17-,18-,19-,20-,22-,23+/m0/s1. The molecule has 5 aliphatic rings. The Balaban J connectivity index is 1.35. The van der Waals surface area contributed by atoms with E-state index in [1.807, 2.05) is 12.2 Å². The summed E-state index contributed by atoms with van der Waals surface area (Å²) < 4.78 is 13.4. The van der Waals surface area contributed by atoms with Crippen molar-refractivity contribution >= 4 is 29.2 Å². The number of allylic oxidation sites excluding steroid dienone is 2. The van der Waals surface area contributed by atoms with Crippen molar-refractivity contribution in [2.45, 2.75) is 6.42 Å². The predicted molar refractivity (Wildman–Crippen MR) is 121 cm³/mol. The van der Waals surface area contributed by atoms with Crippen molar-refractivity contribution in [1.82, 2.24) is 10.0 Å². The Kier molecular flexibility index (Phi) is 4.89. The molecule has 2 aromatic carbocycles. The van der Waals surface area contributed by atoms with Crippen molar-refractivity contribution in [3.05, 3.63) is 87.7 Å². The van der Waals surface area contributed by atoms with Gasteiger partial charge in [-0.25, -0.2) is 9.40 Å². The highest BCUT2D eigenvalue weighted by Gasteiger charge is 2.68. The molecule has 1 heterocycles. The van der Waals surface area contributed by atoms with Crippen LogP contribution in [0.5, 0.6) is 0 Å². The first-order chi connectivity index (χ1) is 17.3. The second kappa shape index (κ2) is 7.91. The number of nitro benzene ring substituents is 1. The fourth-order valence-electron chi connectivity index (χ4n) is 6.15. The Morgan fingerprint density at radius 1 is 0.917 bits per heavy atom. The van der Waals surface area contributed by atoms with Gasteiger partial charge in [0.05, 0.1) is 16.8 Å². The van der Waals surface area contributed by atoms with Gasteiger partial charge in [-0.2, -0.15) is 5.01 Å². The molecule has 2 aromatic rings. The minimum atomic E-state index is -0.814. The van der Waals surface area contributed by atoms with Crippen molar-refractivity contribution < 1.29 is 28.5 Å². The van der Waals surface area contributed by atoms with Gasteiger partial charge in [0.1, 0.15) is 12.4 Å². The van der Waals surface area contributed by atoms with Crippen LogP contribution in [0.3, 0.4) is 0 Å². The van der Waals surface area contributed by atoms with E-state index in [4.69, 9.17) is 0 Å². The van der Waals surface area contributed by atoms with Gasteiger partial charge in [0.25, 0.3) is 23.4 Å². The summed E-state index contributed by atoms with van der Waals surface area (Å²) >= 11 is 0. The zero-order valence-corrected chi connectivity index (χ0v) is 18.8. The summed E-state index contributed by atoms with van der Waals surface area (Å²) in [6.45, 7) is -0.631. The molecule has 0 aromatic heterocycles. The molecule has 4 aliphatic carbocycles. The van der Waals surface area contributed by atoms with Gasteiger partial charge in [0.15, 0.2) is 5.78 Å². The van der Waals surface area contributed by atoms with Crippen molar-refractivity contribution in [2.75, 3.05) is 6.54 Å². The molecule has 0 spiro atoms. The van der Waals surface area contributed by atoms with Crippen LogP contribution < -0.4 is 0 Å². The molecule has 182 valence electrons. The van der Waals surface area contributed by atoms with E-state index in [0.717, 1.165) is 40.7 Å². The van der Waals surface area contributed by atoms with Crippen LogP contribution in [0.15, 0.2) is 60.7 Å². The number of benzene rings is 2. The third kappa shape index (κ3) is 3.28. The quantitative estimate of drug-likeness (QED) is 0.202. The lowest BCUT2D eigenvalue weighted by molar-refractivity contribution is -0.384. The first-order valence-electron chi connectivity index (χ1n) is 11.7. The van der Waals surface area contributed by atoms with E-state index < -0.39 is 52.6 Å². The third-order valence-electron chi connectivity index (χ3n) is 7.90. The summed E-state index contributed by atoms with van der Waals surface area (Å²) in [4.78, 5) is 64.3. The number of nitrogens with zero attached hydrogens (tertiary/aromatic N) is 3. The van der Waals surface area contributed by atoms with Crippen molar-refractivity contribution in [2.24, 2.45) is 35.5 Å². The van der Waals surface area contributed by atoms with Crippen LogP contribution in [0, 0.1) is 51.4 Å². The summed E-state index contributed by atoms with van der Waals surface area (Å²) in [7, 11) is 0. The third-order valence-corrected chi connectivity index (χ3v) is 7.90. The lowest BCUT2D eigenvalue weighted by Gasteiger charge is -2.37. The number of non-ortho nitro benzene ring substituents is 1. The zero-order chi connectivity index (χ0) is 25.3. The van der Waals surface area contributed by atoms with E-state index in [2.05, 4.69) is 0 Å². The topological polar surface area (TPSA) is 118 Å². The Bertz CT molecular complexity index is 1320. The highest BCUT2D eigenvalue weighted by molar-refractivity contribution is 6.10. The molecule has 2 bridgehead atoms. The molecule has 7 rings (SSSR count). The Morgan fingerprint density at radius 3 is 1.97 bits per heavy atom. The molecule has 1 saturated heterocycles. The number of carbonyl (C=O) groups is 4. The SMILES string of the molecule is O=C(CN(C(=O)c1ccc([N+](=O)[O-])cc1)N1C(=O)[C@@H]2[C@H]3C=C[C@@H]([C@@H]4C[C@@H]34)[C@@H]2C1=O)c1ccc(F)cc1. The maximum atomic E-state index is 13.6. The molecule has 1 aliphatic heterocycles. The first kappa shape index (κ1) is 22.3. The van der Waals surface area contributed by atoms with E-state index in [1.165, 1.54) is 24.3 Å². The van der Waals surface area contributed by atoms with Gasteiger partial charge in [0.2, 0.25) is 0 Å². The van der Waals surface area contributed by atoms with Gasteiger partial charge in [-0.3, -0.25) is 29.3 Å². The lowest BCUT2D eigenvalue weighted by atomic mass is 9.63. The summed E-state index contributed by atoms with van der Waals surface area (Å²) in [5.74, 6) is -3.57. The Hall–Kier alpha value is -4.21. The molecule has 0 N–H and O–H groups in total. The molecular weight excluding hydrogens is 469 g/mol. The minimum Gasteiger partial charge on any atom is -0.292 e. The summed E-state index contributed by atoms with van der Waals surface area (Å²) in [5.41, 5.74) is -0.147. The molecule has 10 heteroatoms. The molecule has 3 fully saturated rings. The van der Waals surface area contributed by atoms with Gasteiger partial charge >= 0.3 is 0 Å². The summed E-state index contributed by atoms with van der Waals surface area (Å²) in [6.07, 6.45) is 4.98. The smallest absolute Gasteiger partial charge is 0.273 e. The van der Waals surface area contributed by atoms with Crippen LogP contribution >= 0.6 is 0 Å². The lowest BCUT2D eigenvalue weighted by Crippen LogP contribution is -2.52. The summed E-state index contributed by atoms with van der Waals surface area (Å²) in [5, 5.41) is 12.7. The largest absolute Gasteiger partial charge is 0.292 e. The number of nitro groups is 1. The maximum Gasteiger partial charge on any atom is 0.273 e. The van der Waals surface area contributed by atoms with Crippen LogP contribution in [-0.2, 0) is 9.59 Å². The van der Waals surface area contributed by atoms with Crippen molar-refractivity contribution in [1.29, 1.82) is 0 Å². The monoisotopic (exact) mass is 489 g/mol. The number of hydrogen-bond donors (Lipinski definition) is 0. The number of ketones is 1. The fraction of sp³-hybridized carbons (Fsp3) is 0.308. The van der Waals surface area contributed by atoms with Crippen LogP contribution in [-0.4, -0.2) is 45.0 Å². The van der Waals surface area contributed by atoms with Crippen LogP contribution in [0.2, 0.25) is 0 Å². The van der Waals surface area contributed by atoms with Gasteiger partial charge in [0, 0.05) is 23.3 Å². The molecule has 9 nitrogen and oxygen atoms in total. The highest BCUT2D eigenvalue weighted by Crippen LogP contribution is 2.65. The van der Waals surface area contributed by atoms with Crippen molar-refractivity contribution in [3.8, 4) is 0 Å². The average Bonchev–Trinajstić information content (AvgIpc) is 3.66. The maximum absolute atomic E-state index is 13.6. The molecule has 2 saturated carbocycles. The number of halogens is 1. The van der Waals surface area contributed by atoms with E-state index in [-0.39, 0.29) is 28.7 Å². The first-order valence-corrected chi connectivity index (χ1v) is 11.7. The van der Waals surface area contributed by atoms with E-state index in [9.17, 15) is 33.7 Å². The number of amides is 3. The number of carbonyl (C=O) groups excluding carboxylic acids is 4. The molecular formula is C26H20FN3O6.